The molecule has 1 aliphatic heterocycles. The Balaban J connectivity index is 1.79. The fourth-order valence-electron chi connectivity index (χ4n) is 2.72. The van der Waals surface area contributed by atoms with E-state index in [1.807, 2.05) is 0 Å². The molecule has 0 radical (unpaired) electrons. The van der Waals surface area contributed by atoms with Crippen molar-refractivity contribution in [3.63, 3.8) is 0 Å². The van der Waals surface area contributed by atoms with Crippen LogP contribution in [-0.4, -0.2) is 41.4 Å². The molecule has 8 nitrogen and oxygen atoms in total. The molecule has 124 valence electrons. The number of hydrogen-bond acceptors (Lipinski definition) is 6. The minimum Gasteiger partial charge on any atom is -0.443 e. The van der Waals surface area contributed by atoms with E-state index in [4.69, 9.17) is 4.42 Å². The number of carbonyl (C=O) groups is 1. The van der Waals surface area contributed by atoms with Gasteiger partial charge >= 0.3 is 0 Å². The lowest BCUT2D eigenvalue weighted by atomic mass is 10.2. The third kappa shape index (κ3) is 3.00. The van der Waals surface area contributed by atoms with Crippen LogP contribution in [0.1, 0.15) is 17.7 Å². The minimum atomic E-state index is -3.06. The third-order valence-electron chi connectivity index (χ3n) is 4.07. The Bertz CT molecular complexity index is 941. The molecule has 1 amide bonds. The lowest BCUT2D eigenvalue weighted by molar-refractivity contribution is -0.122. The molecule has 2 aromatic rings. The van der Waals surface area contributed by atoms with Crippen molar-refractivity contribution >= 4 is 26.8 Å². The third-order valence-corrected chi connectivity index (χ3v) is 5.84. The molecule has 0 bridgehead atoms. The summed E-state index contributed by atoms with van der Waals surface area (Å²) in [5.41, 5.74) is 0.608. The number of carbonyl (C=O) groups excluding carboxylic acids is 1. The van der Waals surface area contributed by atoms with Crippen molar-refractivity contribution in [2.45, 2.75) is 32.9 Å². The normalized spacial score (nSPS) is 20.0. The molecule has 9 heteroatoms. The summed E-state index contributed by atoms with van der Waals surface area (Å²) in [6.07, 6.45) is 1.66. The van der Waals surface area contributed by atoms with Crippen molar-refractivity contribution in [3.8, 4) is 0 Å². The molecule has 1 aliphatic rings. The number of amides is 1. The Morgan fingerprint density at radius 1 is 1.48 bits per heavy atom. The minimum absolute atomic E-state index is 0.0506. The molecule has 23 heavy (non-hydrogen) atoms. The fraction of sp³-hybridized carbons (Fsp3) is 0.500. The maximum atomic E-state index is 12.4. The van der Waals surface area contributed by atoms with Crippen molar-refractivity contribution in [3.05, 3.63) is 28.0 Å². The van der Waals surface area contributed by atoms with E-state index in [0.29, 0.717) is 23.1 Å². The lowest BCUT2D eigenvalue weighted by Gasteiger charge is -2.11. The van der Waals surface area contributed by atoms with Gasteiger partial charge in [-0.05, 0) is 20.3 Å². The predicted octanol–water partition coefficient (Wildman–Crippen LogP) is -0.0904. The summed E-state index contributed by atoms with van der Waals surface area (Å²) in [6.45, 7) is 3.30. The molecule has 0 unspecified atom stereocenters. The van der Waals surface area contributed by atoms with Gasteiger partial charge in [-0.2, -0.15) is 0 Å². The molecule has 0 spiro atoms. The van der Waals surface area contributed by atoms with Crippen LogP contribution in [0, 0.1) is 13.8 Å². The van der Waals surface area contributed by atoms with Gasteiger partial charge in [-0.25, -0.2) is 13.4 Å². The highest BCUT2D eigenvalue weighted by molar-refractivity contribution is 7.91. The highest BCUT2D eigenvalue weighted by Gasteiger charge is 2.29. The van der Waals surface area contributed by atoms with Gasteiger partial charge in [0, 0.05) is 11.6 Å². The molecular formula is C14H17N3O5S. The number of rotatable bonds is 3. The van der Waals surface area contributed by atoms with Gasteiger partial charge in [-0.3, -0.25) is 14.2 Å². The van der Waals surface area contributed by atoms with Gasteiger partial charge in [0.2, 0.25) is 11.6 Å². The van der Waals surface area contributed by atoms with Crippen LogP contribution in [0.15, 0.2) is 15.5 Å². The standard InChI is InChI=1S/C14H17N3O5S/c1-8-9(2)22-13-12(8)14(19)17(7-15-13)5-11(18)16-10-3-4-23(20,21)6-10/h7,10H,3-6H2,1-2H3,(H,16,18)/t10-/m0/s1. The Morgan fingerprint density at radius 2 is 2.22 bits per heavy atom. The topological polar surface area (TPSA) is 111 Å². The second-order valence-corrected chi connectivity index (χ2v) is 8.04. The van der Waals surface area contributed by atoms with Crippen LogP contribution in [-0.2, 0) is 21.2 Å². The summed E-state index contributed by atoms with van der Waals surface area (Å²) in [4.78, 5) is 28.5. The lowest BCUT2D eigenvalue weighted by Crippen LogP contribution is -2.39. The number of nitrogens with one attached hydrogen (secondary N) is 1. The summed E-state index contributed by atoms with van der Waals surface area (Å²) in [5, 5.41) is 3.01. The zero-order valence-corrected chi connectivity index (χ0v) is 13.6. The molecule has 2 aromatic heterocycles. The van der Waals surface area contributed by atoms with Gasteiger partial charge in [0.05, 0.1) is 11.5 Å². The summed E-state index contributed by atoms with van der Waals surface area (Å²) >= 11 is 0. The Labute approximate surface area is 132 Å². The highest BCUT2D eigenvalue weighted by atomic mass is 32.2. The molecule has 1 atom stereocenters. The van der Waals surface area contributed by atoms with Gasteiger partial charge in [-0.15, -0.1) is 0 Å². The summed E-state index contributed by atoms with van der Waals surface area (Å²) in [6, 6.07) is -0.391. The number of sulfone groups is 1. The van der Waals surface area contributed by atoms with Crippen LogP contribution < -0.4 is 10.9 Å². The number of aromatic nitrogens is 2. The van der Waals surface area contributed by atoms with Crippen LogP contribution in [0.25, 0.3) is 11.1 Å². The first-order chi connectivity index (χ1) is 10.8. The molecule has 1 saturated heterocycles. The van der Waals surface area contributed by atoms with Crippen molar-refractivity contribution in [2.75, 3.05) is 11.5 Å². The van der Waals surface area contributed by atoms with Crippen molar-refractivity contribution in [2.24, 2.45) is 0 Å². The molecule has 3 rings (SSSR count). The Kier molecular flexibility index (Phi) is 3.75. The summed E-state index contributed by atoms with van der Waals surface area (Å²) in [7, 11) is -3.06. The van der Waals surface area contributed by atoms with E-state index in [-0.39, 0.29) is 29.3 Å². The van der Waals surface area contributed by atoms with Gasteiger partial charge in [0.1, 0.15) is 24.0 Å². The van der Waals surface area contributed by atoms with Gasteiger partial charge in [0.15, 0.2) is 9.84 Å². The van der Waals surface area contributed by atoms with E-state index in [1.165, 1.54) is 10.9 Å². The molecule has 0 aliphatic carbocycles. The van der Waals surface area contributed by atoms with Crippen molar-refractivity contribution in [1.29, 1.82) is 0 Å². The predicted molar refractivity (Wildman–Crippen MR) is 82.9 cm³/mol. The fourth-order valence-corrected chi connectivity index (χ4v) is 4.39. The second kappa shape index (κ2) is 5.48. The molecule has 0 aromatic carbocycles. The maximum absolute atomic E-state index is 12.4. The summed E-state index contributed by atoms with van der Waals surface area (Å²) < 4.78 is 29.4. The molecule has 1 N–H and O–H groups in total. The number of hydrogen-bond donors (Lipinski definition) is 1. The van der Waals surface area contributed by atoms with Crippen LogP contribution in [0.5, 0.6) is 0 Å². The first kappa shape index (κ1) is 15.7. The quantitative estimate of drug-likeness (QED) is 0.836. The smallest absolute Gasteiger partial charge is 0.265 e. The van der Waals surface area contributed by atoms with Crippen molar-refractivity contribution in [1.82, 2.24) is 14.9 Å². The van der Waals surface area contributed by atoms with Crippen molar-refractivity contribution < 1.29 is 17.6 Å². The first-order valence-corrected chi connectivity index (χ1v) is 9.04. The van der Waals surface area contributed by atoms with Gasteiger partial charge < -0.3 is 9.73 Å². The van der Waals surface area contributed by atoms with Gasteiger partial charge in [0.25, 0.3) is 5.56 Å². The van der Waals surface area contributed by atoms with E-state index in [9.17, 15) is 18.0 Å². The van der Waals surface area contributed by atoms with Crippen LogP contribution in [0.3, 0.4) is 0 Å². The van der Waals surface area contributed by atoms with Crippen LogP contribution in [0.2, 0.25) is 0 Å². The highest BCUT2D eigenvalue weighted by Crippen LogP contribution is 2.19. The van der Waals surface area contributed by atoms with Crippen LogP contribution in [0.4, 0.5) is 0 Å². The summed E-state index contributed by atoms with van der Waals surface area (Å²) in [5.74, 6) is 0.236. The average Bonchev–Trinajstić information content (AvgIpc) is 2.94. The monoisotopic (exact) mass is 339 g/mol. The van der Waals surface area contributed by atoms with Gasteiger partial charge in [-0.1, -0.05) is 0 Å². The number of furan rings is 1. The first-order valence-electron chi connectivity index (χ1n) is 7.22. The van der Waals surface area contributed by atoms with E-state index in [0.717, 1.165) is 0 Å². The second-order valence-electron chi connectivity index (χ2n) is 5.81. The maximum Gasteiger partial charge on any atom is 0.265 e. The number of fused-ring (bicyclic) bond motifs is 1. The SMILES string of the molecule is Cc1oc2ncn(CC(=O)N[C@H]3CCS(=O)(=O)C3)c(=O)c2c1C. The van der Waals surface area contributed by atoms with Crippen LogP contribution >= 0.6 is 0 Å². The molecular weight excluding hydrogens is 322 g/mol. The van der Waals surface area contributed by atoms with E-state index in [2.05, 4.69) is 10.3 Å². The zero-order valence-electron chi connectivity index (χ0n) is 12.8. The largest absolute Gasteiger partial charge is 0.443 e. The number of nitrogens with zero attached hydrogens (tertiary/aromatic N) is 2. The van der Waals surface area contributed by atoms with E-state index >= 15 is 0 Å². The Hall–Kier alpha value is -2.16. The van der Waals surface area contributed by atoms with E-state index < -0.39 is 21.8 Å². The molecule has 3 heterocycles. The van der Waals surface area contributed by atoms with E-state index in [1.54, 1.807) is 13.8 Å². The average molecular weight is 339 g/mol. The number of aryl methyl sites for hydroxylation is 2. The molecule has 1 fully saturated rings. The molecule has 0 saturated carbocycles. The zero-order chi connectivity index (χ0) is 16.8. The Morgan fingerprint density at radius 3 is 2.87 bits per heavy atom.